The Morgan fingerprint density at radius 1 is 1.62 bits per heavy atom. The van der Waals surface area contributed by atoms with Crippen molar-refractivity contribution in [1.82, 2.24) is 10.3 Å². The second-order valence-corrected chi connectivity index (χ2v) is 5.28. The summed E-state index contributed by atoms with van der Waals surface area (Å²) >= 11 is 1.76. The van der Waals surface area contributed by atoms with Crippen LogP contribution in [0.1, 0.15) is 31.0 Å². The van der Waals surface area contributed by atoms with Gasteiger partial charge in [-0.1, -0.05) is 6.92 Å². The van der Waals surface area contributed by atoms with Crippen molar-refractivity contribution in [3.63, 3.8) is 0 Å². The van der Waals surface area contributed by atoms with E-state index in [1.807, 2.05) is 0 Å². The highest BCUT2D eigenvalue weighted by Crippen LogP contribution is 2.19. The lowest BCUT2D eigenvalue weighted by atomic mass is 10.0. The van der Waals surface area contributed by atoms with E-state index in [1.165, 1.54) is 17.1 Å². The number of hydrogen-bond donors (Lipinski definition) is 1. The van der Waals surface area contributed by atoms with Crippen LogP contribution in [-0.4, -0.2) is 24.2 Å². The largest absolute Gasteiger partial charge is 0.378 e. The quantitative estimate of drug-likeness (QED) is 0.857. The second-order valence-electron chi connectivity index (χ2n) is 4.34. The van der Waals surface area contributed by atoms with Crippen LogP contribution in [0.25, 0.3) is 0 Å². The van der Waals surface area contributed by atoms with E-state index in [1.54, 1.807) is 11.3 Å². The van der Waals surface area contributed by atoms with E-state index in [-0.39, 0.29) is 0 Å². The molecule has 2 atom stereocenters. The molecule has 2 rings (SSSR count). The van der Waals surface area contributed by atoms with Gasteiger partial charge in [-0.05, 0) is 25.7 Å². The van der Waals surface area contributed by atoms with Crippen LogP contribution >= 0.6 is 11.3 Å². The molecule has 0 bridgehead atoms. The van der Waals surface area contributed by atoms with Gasteiger partial charge < -0.3 is 10.1 Å². The normalized spacial score (nSPS) is 25.1. The maximum atomic E-state index is 5.54. The van der Waals surface area contributed by atoms with Gasteiger partial charge in [0.15, 0.2) is 0 Å². The summed E-state index contributed by atoms with van der Waals surface area (Å²) in [6.45, 7) is 7.16. The minimum Gasteiger partial charge on any atom is -0.378 e. The van der Waals surface area contributed by atoms with E-state index in [4.69, 9.17) is 4.74 Å². The number of thiazole rings is 1. The van der Waals surface area contributed by atoms with Gasteiger partial charge in [-0.3, -0.25) is 0 Å². The van der Waals surface area contributed by atoms with Crippen LogP contribution in [-0.2, 0) is 17.7 Å². The fraction of sp³-hybridized carbons (Fsp3) is 0.750. The first kappa shape index (κ1) is 12.0. The number of aromatic nitrogens is 1. The first-order valence-corrected chi connectivity index (χ1v) is 6.93. The molecule has 2 heterocycles. The standard InChI is InChI=1S/C12H20N2OS/c1-3-12-14-11(8-16-12)7-13-6-10-4-5-15-9(10)2/h8-10,13H,3-7H2,1-2H3. The molecule has 1 aliphatic heterocycles. The lowest BCUT2D eigenvalue weighted by Gasteiger charge is -2.13. The summed E-state index contributed by atoms with van der Waals surface area (Å²) in [5, 5.41) is 6.86. The predicted molar refractivity (Wildman–Crippen MR) is 66.7 cm³/mol. The third-order valence-corrected chi connectivity index (χ3v) is 4.19. The molecule has 0 aliphatic carbocycles. The zero-order valence-corrected chi connectivity index (χ0v) is 10.8. The van der Waals surface area contributed by atoms with Crippen molar-refractivity contribution >= 4 is 11.3 Å². The lowest BCUT2D eigenvalue weighted by molar-refractivity contribution is 0.105. The van der Waals surface area contributed by atoms with E-state index >= 15 is 0 Å². The molecule has 90 valence electrons. The zero-order chi connectivity index (χ0) is 11.4. The first-order valence-electron chi connectivity index (χ1n) is 6.05. The molecule has 0 radical (unpaired) electrons. The van der Waals surface area contributed by atoms with Gasteiger partial charge in [0.25, 0.3) is 0 Å². The maximum absolute atomic E-state index is 5.54. The number of nitrogens with zero attached hydrogens (tertiary/aromatic N) is 1. The Balaban J connectivity index is 1.71. The van der Waals surface area contributed by atoms with Crippen molar-refractivity contribution in [1.29, 1.82) is 0 Å². The van der Waals surface area contributed by atoms with Crippen molar-refractivity contribution in [3.05, 3.63) is 16.1 Å². The highest BCUT2D eigenvalue weighted by molar-refractivity contribution is 7.09. The van der Waals surface area contributed by atoms with Gasteiger partial charge in [0, 0.05) is 25.1 Å². The van der Waals surface area contributed by atoms with Gasteiger partial charge in [0.2, 0.25) is 0 Å². The summed E-state index contributed by atoms with van der Waals surface area (Å²) in [4.78, 5) is 4.54. The molecule has 1 saturated heterocycles. The smallest absolute Gasteiger partial charge is 0.0926 e. The van der Waals surface area contributed by atoms with Gasteiger partial charge in [0.1, 0.15) is 0 Å². The van der Waals surface area contributed by atoms with Crippen molar-refractivity contribution in [2.75, 3.05) is 13.2 Å². The van der Waals surface area contributed by atoms with Crippen molar-refractivity contribution in [2.24, 2.45) is 5.92 Å². The molecule has 1 fully saturated rings. The Kier molecular flexibility index (Phi) is 4.32. The van der Waals surface area contributed by atoms with Crippen molar-refractivity contribution < 1.29 is 4.74 Å². The molecule has 0 amide bonds. The van der Waals surface area contributed by atoms with Crippen LogP contribution in [0.15, 0.2) is 5.38 Å². The summed E-state index contributed by atoms with van der Waals surface area (Å²) in [6, 6.07) is 0. The average molecular weight is 240 g/mol. The van der Waals surface area contributed by atoms with Crippen molar-refractivity contribution in [3.8, 4) is 0 Å². The number of ether oxygens (including phenoxy) is 1. The lowest BCUT2D eigenvalue weighted by Crippen LogP contribution is -2.26. The topological polar surface area (TPSA) is 34.2 Å². The number of aryl methyl sites for hydroxylation is 1. The van der Waals surface area contributed by atoms with Gasteiger partial charge in [-0.15, -0.1) is 11.3 Å². The highest BCUT2D eigenvalue weighted by atomic mass is 32.1. The molecule has 0 aromatic carbocycles. The monoisotopic (exact) mass is 240 g/mol. The molecule has 1 N–H and O–H groups in total. The molecule has 1 aliphatic rings. The van der Waals surface area contributed by atoms with Gasteiger partial charge in [0.05, 0.1) is 16.8 Å². The van der Waals surface area contributed by atoms with Crippen molar-refractivity contribution in [2.45, 2.75) is 39.3 Å². The average Bonchev–Trinajstić information content (AvgIpc) is 2.89. The van der Waals surface area contributed by atoms with Crippen LogP contribution in [0.3, 0.4) is 0 Å². The Hall–Kier alpha value is -0.450. The fourth-order valence-electron chi connectivity index (χ4n) is 2.02. The fourth-order valence-corrected chi connectivity index (χ4v) is 2.77. The van der Waals surface area contributed by atoms with Crippen LogP contribution in [0.4, 0.5) is 0 Å². The summed E-state index contributed by atoms with van der Waals surface area (Å²) in [6.07, 6.45) is 2.64. The first-order chi connectivity index (χ1) is 7.79. The Morgan fingerprint density at radius 2 is 2.50 bits per heavy atom. The minimum atomic E-state index is 0.411. The van der Waals surface area contributed by atoms with E-state index in [0.29, 0.717) is 12.0 Å². The molecule has 3 nitrogen and oxygen atoms in total. The molecule has 1 aromatic rings. The summed E-state index contributed by atoms with van der Waals surface area (Å²) in [5.74, 6) is 0.671. The van der Waals surface area contributed by atoms with E-state index in [9.17, 15) is 0 Å². The van der Waals surface area contributed by atoms with Crippen LogP contribution < -0.4 is 5.32 Å². The molecular formula is C12H20N2OS. The number of nitrogens with one attached hydrogen (secondary N) is 1. The number of rotatable bonds is 5. The van der Waals surface area contributed by atoms with Crippen LogP contribution in [0.2, 0.25) is 0 Å². The molecule has 1 aromatic heterocycles. The third kappa shape index (κ3) is 3.03. The molecule has 16 heavy (non-hydrogen) atoms. The summed E-state index contributed by atoms with van der Waals surface area (Å²) in [7, 11) is 0. The number of hydrogen-bond acceptors (Lipinski definition) is 4. The van der Waals surface area contributed by atoms with E-state index < -0.39 is 0 Å². The zero-order valence-electron chi connectivity index (χ0n) is 10.0. The molecule has 0 saturated carbocycles. The summed E-state index contributed by atoms with van der Waals surface area (Å²) < 4.78 is 5.54. The molecule has 2 unspecified atom stereocenters. The Bertz CT molecular complexity index is 327. The van der Waals surface area contributed by atoms with Gasteiger partial charge in [-0.2, -0.15) is 0 Å². The minimum absolute atomic E-state index is 0.411. The predicted octanol–water partition coefficient (Wildman–Crippen LogP) is 2.22. The SMILES string of the molecule is CCc1nc(CNCC2CCOC2C)cs1. The molecule has 4 heteroatoms. The molecule has 0 spiro atoms. The van der Waals surface area contributed by atoms with Gasteiger partial charge in [-0.25, -0.2) is 4.98 Å². The van der Waals surface area contributed by atoms with Crippen LogP contribution in [0.5, 0.6) is 0 Å². The molecular weight excluding hydrogens is 220 g/mol. The second kappa shape index (κ2) is 5.75. The van der Waals surface area contributed by atoms with E-state index in [0.717, 1.165) is 26.1 Å². The third-order valence-electron chi connectivity index (χ3n) is 3.15. The Labute approximate surface area is 101 Å². The summed E-state index contributed by atoms with van der Waals surface area (Å²) in [5.41, 5.74) is 1.17. The van der Waals surface area contributed by atoms with E-state index in [2.05, 4.69) is 29.5 Å². The van der Waals surface area contributed by atoms with Crippen LogP contribution in [0, 0.1) is 5.92 Å². The highest BCUT2D eigenvalue weighted by Gasteiger charge is 2.23. The maximum Gasteiger partial charge on any atom is 0.0926 e. The van der Waals surface area contributed by atoms with Gasteiger partial charge >= 0.3 is 0 Å². The Morgan fingerprint density at radius 3 is 3.12 bits per heavy atom.